The minimum absolute atomic E-state index is 0.208. The lowest BCUT2D eigenvalue weighted by Gasteiger charge is -2.34. The molecule has 12 heteroatoms. The van der Waals surface area contributed by atoms with Crippen molar-refractivity contribution in [2.24, 2.45) is 17.3 Å². The van der Waals surface area contributed by atoms with Crippen LogP contribution in [0.5, 0.6) is 0 Å². The van der Waals surface area contributed by atoms with Gasteiger partial charge in [0.05, 0.1) is 34.7 Å². The first-order chi connectivity index (χ1) is 18.5. The predicted octanol–water partition coefficient (Wildman–Crippen LogP) is 3.18. The van der Waals surface area contributed by atoms with E-state index in [0.717, 1.165) is 10.7 Å². The zero-order valence-electron chi connectivity index (χ0n) is 24.8. The molecule has 0 radical (unpaired) electrons. The van der Waals surface area contributed by atoms with Crippen molar-refractivity contribution in [3.63, 3.8) is 0 Å². The van der Waals surface area contributed by atoms with Gasteiger partial charge in [0, 0.05) is 43.9 Å². The van der Waals surface area contributed by atoms with E-state index in [9.17, 15) is 28.2 Å². The van der Waals surface area contributed by atoms with Gasteiger partial charge in [-0.2, -0.15) is 17.0 Å². The number of thiazole rings is 1. The molecule has 226 valence electrons. The quantitative estimate of drug-likeness (QED) is 0.398. The minimum Gasteiger partial charge on any atom is -0.458 e. The summed E-state index contributed by atoms with van der Waals surface area (Å²) in [6.45, 7) is 10.4. The number of Topliss-reactive ketones (excluding diaryl/α,β-unsaturated/α-hetero) is 1. The summed E-state index contributed by atoms with van der Waals surface area (Å²) >= 11 is 1.50. The summed E-state index contributed by atoms with van der Waals surface area (Å²) in [5.74, 6) is -1.97. The Kier molecular flexibility index (Phi) is 10.4. The van der Waals surface area contributed by atoms with Crippen molar-refractivity contribution in [2.75, 3.05) is 14.1 Å². The van der Waals surface area contributed by atoms with E-state index in [4.69, 9.17) is 4.74 Å². The van der Waals surface area contributed by atoms with Gasteiger partial charge in [0.25, 0.3) is 10.2 Å². The maximum absolute atomic E-state index is 13.3. The highest BCUT2D eigenvalue weighted by atomic mass is 32.2. The van der Waals surface area contributed by atoms with E-state index in [1.807, 2.05) is 32.2 Å². The average molecular weight is 600 g/mol. The van der Waals surface area contributed by atoms with Crippen LogP contribution < -0.4 is 0 Å². The number of cyclic esters (lactones) is 1. The largest absolute Gasteiger partial charge is 0.458 e. The van der Waals surface area contributed by atoms with Crippen molar-refractivity contribution >= 4 is 39.4 Å². The zero-order chi connectivity index (χ0) is 30.2. The standard InChI is InChI=1S/C28H45N3O7S2/c1-16-10-9-11-21-22(31(21)40(36,37)30(7)8)13-23(17(2)12-20-15-39-19(4)29-20)38-25(33)14-24(32)28(5,6)27(35)18(3)26(16)34/h12,15-16,18,21-24,26,32,34H,9-11,13-14H2,1-8H3/b17-12+/t16-,18+,21+,22?,23?,24-,26-,31?/m0/s1. The lowest BCUT2D eigenvalue weighted by Crippen LogP contribution is -2.45. The number of esters is 1. The summed E-state index contributed by atoms with van der Waals surface area (Å²) in [4.78, 5) is 30.9. The summed E-state index contributed by atoms with van der Waals surface area (Å²) in [5, 5.41) is 24.7. The second kappa shape index (κ2) is 12.7. The van der Waals surface area contributed by atoms with Gasteiger partial charge in [-0.3, -0.25) is 9.59 Å². The number of rotatable bonds is 4. The van der Waals surface area contributed by atoms with Gasteiger partial charge in [0.15, 0.2) is 0 Å². The Morgan fingerprint density at radius 1 is 1.20 bits per heavy atom. The molecule has 0 saturated carbocycles. The molecule has 0 bridgehead atoms. The molecule has 3 heterocycles. The number of carbonyl (C=O) groups is 2. The molecule has 0 amide bonds. The van der Waals surface area contributed by atoms with Crippen molar-refractivity contribution in [1.82, 2.24) is 13.6 Å². The highest BCUT2D eigenvalue weighted by Crippen LogP contribution is 2.42. The van der Waals surface area contributed by atoms with Crippen LogP contribution in [-0.4, -0.2) is 88.5 Å². The summed E-state index contributed by atoms with van der Waals surface area (Å²) in [6.07, 6.45) is 0.519. The number of nitrogens with zero attached hydrogens (tertiary/aromatic N) is 3. The molecule has 2 fully saturated rings. The van der Waals surface area contributed by atoms with E-state index in [1.54, 1.807) is 20.8 Å². The Morgan fingerprint density at radius 2 is 1.85 bits per heavy atom. The normalized spacial score (nSPS) is 34.8. The highest BCUT2D eigenvalue weighted by Gasteiger charge is 2.56. The molecule has 0 aromatic carbocycles. The third-order valence-electron chi connectivity index (χ3n) is 8.48. The van der Waals surface area contributed by atoms with E-state index in [-0.39, 0.29) is 30.2 Å². The van der Waals surface area contributed by atoms with Crippen molar-refractivity contribution < 1.29 is 33.0 Å². The Bertz CT molecular complexity index is 1210. The second-order valence-corrected chi connectivity index (χ2v) is 15.3. The number of aliphatic hydroxyl groups is 2. The van der Waals surface area contributed by atoms with Gasteiger partial charge in [-0.15, -0.1) is 11.3 Å². The molecule has 40 heavy (non-hydrogen) atoms. The van der Waals surface area contributed by atoms with Crippen LogP contribution in [0.25, 0.3) is 6.08 Å². The Balaban J connectivity index is 1.97. The number of fused-ring (bicyclic) bond motifs is 1. The molecule has 2 aliphatic rings. The minimum atomic E-state index is -3.71. The molecule has 2 saturated heterocycles. The monoisotopic (exact) mass is 599 g/mol. The second-order valence-electron chi connectivity index (χ2n) is 12.1. The van der Waals surface area contributed by atoms with Crippen LogP contribution in [0.15, 0.2) is 11.0 Å². The molecule has 10 nitrogen and oxygen atoms in total. The molecule has 2 N–H and O–H groups in total. The number of hydrogen-bond acceptors (Lipinski definition) is 9. The molecule has 3 rings (SSSR count). The van der Waals surface area contributed by atoms with Gasteiger partial charge in [-0.05, 0) is 44.3 Å². The summed E-state index contributed by atoms with van der Waals surface area (Å²) in [7, 11) is -0.726. The fourth-order valence-corrected chi connectivity index (χ4v) is 7.63. The van der Waals surface area contributed by atoms with E-state index in [0.29, 0.717) is 24.8 Å². The van der Waals surface area contributed by atoms with Crippen molar-refractivity contribution in [3.05, 3.63) is 21.7 Å². The molecule has 8 atom stereocenters. The van der Waals surface area contributed by atoms with Crippen LogP contribution >= 0.6 is 11.3 Å². The first-order valence-electron chi connectivity index (χ1n) is 13.9. The number of aromatic nitrogens is 1. The summed E-state index contributed by atoms with van der Waals surface area (Å²) in [5.41, 5.74) is 0.150. The molecule has 2 aliphatic heterocycles. The van der Waals surface area contributed by atoms with Crippen molar-refractivity contribution in [2.45, 2.75) is 104 Å². The SMILES string of the molecule is C/C(=C\c1csc(C)n1)C1CC2[C@@H](CCC[C@H](C)[C@H](O)[C@@H](C)C(=O)C(C)(C)[C@@H](O)CC(=O)O1)N2S(=O)(=O)N(C)C. The molecular weight excluding hydrogens is 554 g/mol. The molecular formula is C28H45N3O7S2. The van der Waals surface area contributed by atoms with Gasteiger partial charge >= 0.3 is 5.97 Å². The van der Waals surface area contributed by atoms with Crippen LogP contribution in [0, 0.1) is 24.2 Å². The van der Waals surface area contributed by atoms with Crippen LogP contribution in [0.2, 0.25) is 0 Å². The third kappa shape index (κ3) is 7.19. The van der Waals surface area contributed by atoms with Crippen LogP contribution in [0.4, 0.5) is 0 Å². The van der Waals surface area contributed by atoms with Gasteiger partial charge < -0.3 is 14.9 Å². The van der Waals surface area contributed by atoms with E-state index in [2.05, 4.69) is 4.98 Å². The Labute approximate surface area is 242 Å². The molecule has 0 spiro atoms. The number of ketones is 1. The maximum atomic E-state index is 13.3. The fraction of sp³-hybridized carbons (Fsp3) is 0.750. The first-order valence-corrected chi connectivity index (χ1v) is 16.2. The van der Waals surface area contributed by atoms with Gasteiger partial charge in [0.1, 0.15) is 11.9 Å². The summed E-state index contributed by atoms with van der Waals surface area (Å²) in [6, 6.07) is -0.649. The third-order valence-corrected chi connectivity index (χ3v) is 11.3. The highest BCUT2D eigenvalue weighted by molar-refractivity contribution is 7.87. The first kappa shape index (κ1) is 32.8. The van der Waals surface area contributed by atoms with E-state index >= 15 is 0 Å². The van der Waals surface area contributed by atoms with Crippen LogP contribution in [0.3, 0.4) is 0 Å². The number of hydrogen-bond donors (Lipinski definition) is 2. The Hall–Kier alpha value is -1.70. The average Bonchev–Trinajstić information content (AvgIpc) is 3.41. The lowest BCUT2D eigenvalue weighted by molar-refractivity contribution is -0.154. The molecule has 0 aliphatic carbocycles. The van der Waals surface area contributed by atoms with E-state index in [1.165, 1.54) is 34.0 Å². The Morgan fingerprint density at radius 3 is 2.42 bits per heavy atom. The van der Waals surface area contributed by atoms with Crippen LogP contribution in [0.1, 0.15) is 77.4 Å². The van der Waals surface area contributed by atoms with E-state index < -0.39 is 52.2 Å². The fourth-order valence-electron chi connectivity index (χ4n) is 5.58. The summed E-state index contributed by atoms with van der Waals surface area (Å²) < 4.78 is 34.8. The van der Waals surface area contributed by atoms with Crippen molar-refractivity contribution in [3.8, 4) is 0 Å². The number of carbonyl (C=O) groups excluding carboxylic acids is 2. The van der Waals surface area contributed by atoms with Gasteiger partial charge in [0.2, 0.25) is 0 Å². The van der Waals surface area contributed by atoms with Crippen molar-refractivity contribution in [1.29, 1.82) is 0 Å². The molecule has 1 aromatic rings. The predicted molar refractivity (Wildman–Crippen MR) is 155 cm³/mol. The van der Waals surface area contributed by atoms with Crippen LogP contribution in [-0.2, 0) is 24.5 Å². The number of aryl methyl sites for hydroxylation is 1. The maximum Gasteiger partial charge on any atom is 0.309 e. The number of aliphatic hydroxyl groups excluding tert-OH is 2. The molecule has 1 aromatic heterocycles. The van der Waals surface area contributed by atoms with Gasteiger partial charge in [-0.1, -0.05) is 34.1 Å². The lowest BCUT2D eigenvalue weighted by atomic mass is 9.73. The molecule has 3 unspecified atom stereocenters. The zero-order valence-corrected chi connectivity index (χ0v) is 26.5. The number of ether oxygens (including phenoxy) is 1. The smallest absolute Gasteiger partial charge is 0.309 e. The van der Waals surface area contributed by atoms with Gasteiger partial charge in [-0.25, -0.2) is 4.98 Å². The topological polar surface area (TPSA) is 137 Å².